The largest absolute Gasteiger partial charge is 0.497 e. The molecule has 3 aromatic rings. The minimum atomic E-state index is -0.315. The lowest BCUT2D eigenvalue weighted by molar-refractivity contribution is -0.116. The number of anilines is 1. The van der Waals surface area contributed by atoms with Gasteiger partial charge in [-0.15, -0.1) is 0 Å². The molecule has 1 amide bonds. The lowest BCUT2D eigenvalue weighted by Gasteiger charge is -2.09. The average molecular weight is 335 g/mol. The first kappa shape index (κ1) is 16.4. The molecule has 0 saturated heterocycles. The molecule has 6 heteroatoms. The van der Waals surface area contributed by atoms with Crippen molar-refractivity contribution in [1.29, 1.82) is 0 Å². The Labute approximate surface area is 144 Å². The van der Waals surface area contributed by atoms with Crippen molar-refractivity contribution in [2.24, 2.45) is 0 Å². The van der Waals surface area contributed by atoms with Crippen molar-refractivity contribution in [2.45, 2.75) is 6.54 Å². The second-order valence-corrected chi connectivity index (χ2v) is 5.39. The van der Waals surface area contributed by atoms with E-state index in [2.05, 4.69) is 10.3 Å². The maximum atomic E-state index is 12.2. The summed E-state index contributed by atoms with van der Waals surface area (Å²) in [6, 6.07) is 17.8. The number of hydrogen-bond donors (Lipinski definition) is 1. The van der Waals surface area contributed by atoms with Gasteiger partial charge in [-0.2, -0.15) is 0 Å². The monoisotopic (exact) mass is 335 g/mol. The normalized spacial score (nSPS) is 10.3. The van der Waals surface area contributed by atoms with Crippen LogP contribution in [0.4, 0.5) is 5.69 Å². The predicted octanol–water partition coefficient (Wildman–Crippen LogP) is 2.56. The number of ether oxygens (including phenoxy) is 1. The highest BCUT2D eigenvalue weighted by Gasteiger charge is 2.08. The zero-order valence-electron chi connectivity index (χ0n) is 13.7. The highest BCUT2D eigenvalue weighted by molar-refractivity contribution is 5.90. The van der Waals surface area contributed by atoms with E-state index in [-0.39, 0.29) is 18.0 Å². The standard InChI is InChI=1S/C19H17N3O3/c1-25-16-9-5-8-15(10-16)21-18(23)12-22-13-20-17(11-19(22)24)14-6-3-2-4-7-14/h2-11,13H,12H2,1H3,(H,21,23). The summed E-state index contributed by atoms with van der Waals surface area (Å²) in [5, 5.41) is 2.73. The van der Waals surface area contributed by atoms with Crippen LogP contribution in [0, 0.1) is 0 Å². The fourth-order valence-corrected chi connectivity index (χ4v) is 2.37. The molecule has 6 nitrogen and oxygen atoms in total. The molecular weight excluding hydrogens is 318 g/mol. The number of nitrogens with one attached hydrogen (secondary N) is 1. The van der Waals surface area contributed by atoms with E-state index in [1.807, 2.05) is 30.3 Å². The molecule has 0 bridgehead atoms. The van der Waals surface area contributed by atoms with Crippen LogP contribution in [-0.4, -0.2) is 22.6 Å². The van der Waals surface area contributed by atoms with Crippen molar-refractivity contribution in [3.05, 3.63) is 77.3 Å². The highest BCUT2D eigenvalue weighted by Crippen LogP contribution is 2.16. The van der Waals surface area contributed by atoms with Crippen LogP contribution >= 0.6 is 0 Å². The smallest absolute Gasteiger partial charge is 0.254 e. The van der Waals surface area contributed by atoms with Gasteiger partial charge in [0.25, 0.3) is 5.56 Å². The van der Waals surface area contributed by atoms with Gasteiger partial charge in [0, 0.05) is 23.4 Å². The van der Waals surface area contributed by atoms with Gasteiger partial charge < -0.3 is 10.1 Å². The number of carbonyl (C=O) groups excluding carboxylic acids is 1. The topological polar surface area (TPSA) is 73.2 Å². The molecule has 0 radical (unpaired) electrons. The minimum Gasteiger partial charge on any atom is -0.497 e. The van der Waals surface area contributed by atoms with E-state index in [0.717, 1.165) is 5.56 Å². The second-order valence-electron chi connectivity index (χ2n) is 5.39. The van der Waals surface area contributed by atoms with Gasteiger partial charge in [-0.3, -0.25) is 14.2 Å². The molecule has 0 unspecified atom stereocenters. The minimum absolute atomic E-state index is 0.113. The van der Waals surface area contributed by atoms with Gasteiger partial charge in [0.2, 0.25) is 5.91 Å². The molecule has 3 rings (SSSR count). The number of rotatable bonds is 5. The molecule has 1 heterocycles. The van der Waals surface area contributed by atoms with Crippen molar-refractivity contribution < 1.29 is 9.53 Å². The lowest BCUT2D eigenvalue weighted by Crippen LogP contribution is -2.27. The van der Waals surface area contributed by atoms with E-state index in [4.69, 9.17) is 4.74 Å². The van der Waals surface area contributed by atoms with Crippen LogP contribution in [0.25, 0.3) is 11.3 Å². The second kappa shape index (κ2) is 7.44. The average Bonchev–Trinajstić information content (AvgIpc) is 2.64. The zero-order chi connectivity index (χ0) is 17.6. The van der Waals surface area contributed by atoms with Crippen molar-refractivity contribution in [3.63, 3.8) is 0 Å². The summed E-state index contributed by atoms with van der Waals surface area (Å²) in [6.45, 7) is -0.113. The Hall–Kier alpha value is -3.41. The molecule has 0 aliphatic carbocycles. The van der Waals surface area contributed by atoms with Crippen molar-refractivity contribution in [3.8, 4) is 17.0 Å². The Kier molecular flexibility index (Phi) is 4.89. The van der Waals surface area contributed by atoms with Gasteiger partial charge in [-0.1, -0.05) is 36.4 Å². The number of amides is 1. The van der Waals surface area contributed by atoms with Gasteiger partial charge in [0.1, 0.15) is 12.3 Å². The van der Waals surface area contributed by atoms with Gasteiger partial charge in [0.15, 0.2) is 0 Å². The Morgan fingerprint density at radius 1 is 1.12 bits per heavy atom. The van der Waals surface area contributed by atoms with Crippen LogP contribution in [0.3, 0.4) is 0 Å². The Morgan fingerprint density at radius 3 is 2.64 bits per heavy atom. The molecule has 0 aliphatic rings. The summed E-state index contributed by atoms with van der Waals surface area (Å²) in [4.78, 5) is 28.6. The van der Waals surface area contributed by atoms with Gasteiger partial charge in [0.05, 0.1) is 19.1 Å². The first-order valence-corrected chi connectivity index (χ1v) is 7.71. The molecule has 0 fully saturated rings. The SMILES string of the molecule is COc1cccc(NC(=O)Cn2cnc(-c3ccccc3)cc2=O)c1. The third-order valence-corrected chi connectivity index (χ3v) is 3.62. The van der Waals surface area contributed by atoms with E-state index < -0.39 is 0 Å². The summed E-state index contributed by atoms with van der Waals surface area (Å²) < 4.78 is 6.38. The van der Waals surface area contributed by atoms with Crippen LogP contribution in [0.5, 0.6) is 5.75 Å². The summed E-state index contributed by atoms with van der Waals surface area (Å²) in [5.41, 5.74) is 1.75. The summed E-state index contributed by atoms with van der Waals surface area (Å²) in [6.07, 6.45) is 1.38. The van der Waals surface area contributed by atoms with Gasteiger partial charge in [-0.05, 0) is 12.1 Å². The van der Waals surface area contributed by atoms with E-state index in [0.29, 0.717) is 17.1 Å². The molecule has 25 heavy (non-hydrogen) atoms. The third-order valence-electron chi connectivity index (χ3n) is 3.62. The van der Waals surface area contributed by atoms with Crippen LogP contribution in [0.15, 0.2) is 71.8 Å². The van der Waals surface area contributed by atoms with Crippen LogP contribution in [0.2, 0.25) is 0 Å². The van der Waals surface area contributed by atoms with Crippen LogP contribution in [0.1, 0.15) is 0 Å². The molecule has 0 atom stereocenters. The Morgan fingerprint density at radius 2 is 1.92 bits per heavy atom. The molecule has 0 spiro atoms. The molecule has 1 N–H and O–H groups in total. The molecule has 1 aromatic heterocycles. The molecular formula is C19H17N3O3. The Balaban J connectivity index is 1.72. The molecule has 126 valence electrons. The van der Waals surface area contributed by atoms with Gasteiger partial charge in [-0.25, -0.2) is 4.98 Å². The Bertz CT molecular complexity index is 936. The number of hydrogen-bond acceptors (Lipinski definition) is 4. The maximum Gasteiger partial charge on any atom is 0.254 e. The molecule has 0 saturated carbocycles. The first-order valence-electron chi connectivity index (χ1n) is 7.71. The van der Waals surface area contributed by atoms with Crippen molar-refractivity contribution in [2.75, 3.05) is 12.4 Å². The molecule has 0 aliphatic heterocycles. The number of aromatic nitrogens is 2. The van der Waals surface area contributed by atoms with E-state index >= 15 is 0 Å². The predicted molar refractivity (Wildman–Crippen MR) is 95.6 cm³/mol. The van der Waals surface area contributed by atoms with E-state index in [9.17, 15) is 9.59 Å². The fraction of sp³-hybridized carbons (Fsp3) is 0.105. The summed E-state index contributed by atoms with van der Waals surface area (Å²) in [5.74, 6) is 0.327. The summed E-state index contributed by atoms with van der Waals surface area (Å²) >= 11 is 0. The third kappa shape index (κ3) is 4.11. The summed E-state index contributed by atoms with van der Waals surface area (Å²) in [7, 11) is 1.56. The first-order chi connectivity index (χ1) is 12.2. The number of benzene rings is 2. The van der Waals surface area contributed by atoms with Crippen LogP contribution in [-0.2, 0) is 11.3 Å². The highest BCUT2D eigenvalue weighted by atomic mass is 16.5. The number of nitrogens with zero attached hydrogens (tertiary/aromatic N) is 2. The number of carbonyl (C=O) groups is 1. The van der Waals surface area contributed by atoms with Crippen molar-refractivity contribution >= 4 is 11.6 Å². The fourth-order valence-electron chi connectivity index (χ4n) is 2.37. The van der Waals surface area contributed by atoms with E-state index in [1.54, 1.807) is 31.4 Å². The van der Waals surface area contributed by atoms with Gasteiger partial charge >= 0.3 is 0 Å². The molecule has 2 aromatic carbocycles. The number of methoxy groups -OCH3 is 1. The maximum absolute atomic E-state index is 12.2. The van der Waals surface area contributed by atoms with Crippen molar-refractivity contribution in [1.82, 2.24) is 9.55 Å². The lowest BCUT2D eigenvalue weighted by atomic mass is 10.1. The van der Waals surface area contributed by atoms with Crippen LogP contribution < -0.4 is 15.6 Å². The quantitative estimate of drug-likeness (QED) is 0.778. The zero-order valence-corrected chi connectivity index (χ0v) is 13.7. The van der Waals surface area contributed by atoms with E-state index in [1.165, 1.54) is 17.0 Å².